The van der Waals surface area contributed by atoms with Crippen LogP contribution in [0.1, 0.15) is 27.7 Å². The van der Waals surface area contributed by atoms with E-state index >= 15 is 0 Å². The van der Waals surface area contributed by atoms with Crippen molar-refractivity contribution in [3.63, 3.8) is 0 Å². The maximum Gasteiger partial charge on any atom is 0.497 e. The summed E-state index contributed by atoms with van der Waals surface area (Å²) in [4.78, 5) is 8.37. The first-order valence-electron chi connectivity index (χ1n) is 6.44. The molecule has 0 bridgehead atoms. The van der Waals surface area contributed by atoms with Gasteiger partial charge in [0, 0.05) is 35.6 Å². The van der Waals surface area contributed by atoms with Crippen LogP contribution in [0, 0.1) is 0 Å². The molecule has 2 aromatic rings. The molecule has 1 aliphatic heterocycles. The zero-order chi connectivity index (χ0) is 13.7. The van der Waals surface area contributed by atoms with Crippen molar-refractivity contribution in [1.82, 2.24) is 9.97 Å². The molecule has 0 amide bonds. The highest BCUT2D eigenvalue weighted by atomic mass is 16.7. The first-order chi connectivity index (χ1) is 8.91. The fourth-order valence-corrected chi connectivity index (χ4v) is 2.20. The Balaban J connectivity index is 2.08. The van der Waals surface area contributed by atoms with Gasteiger partial charge in [-0.2, -0.15) is 0 Å². The maximum absolute atomic E-state index is 6.08. The molecule has 0 aliphatic carbocycles. The second kappa shape index (κ2) is 4.02. The summed E-state index contributed by atoms with van der Waals surface area (Å²) >= 11 is 0. The fourth-order valence-electron chi connectivity index (χ4n) is 2.20. The van der Waals surface area contributed by atoms with Crippen LogP contribution >= 0.6 is 0 Å². The predicted molar refractivity (Wildman–Crippen MR) is 75.3 cm³/mol. The normalized spacial score (nSPS) is 20.9. The quantitative estimate of drug-likeness (QED) is 0.731. The predicted octanol–water partition coefficient (Wildman–Crippen LogP) is 1.93. The van der Waals surface area contributed by atoms with E-state index in [4.69, 9.17) is 9.31 Å². The zero-order valence-electron chi connectivity index (χ0n) is 11.7. The largest absolute Gasteiger partial charge is 0.497 e. The molecule has 98 valence electrons. The highest BCUT2D eigenvalue weighted by molar-refractivity contribution is 6.65. The van der Waals surface area contributed by atoms with Gasteiger partial charge in [-0.05, 0) is 39.1 Å². The number of nitrogens with zero attached hydrogens (tertiary/aromatic N) is 2. The van der Waals surface area contributed by atoms with Crippen LogP contribution in [0.5, 0.6) is 0 Å². The van der Waals surface area contributed by atoms with E-state index in [-0.39, 0.29) is 18.3 Å². The molecular formula is C14H17BN2O2. The lowest BCUT2D eigenvalue weighted by Gasteiger charge is -2.32. The molecule has 19 heavy (non-hydrogen) atoms. The molecule has 4 nitrogen and oxygen atoms in total. The van der Waals surface area contributed by atoms with Gasteiger partial charge in [-0.25, -0.2) is 0 Å². The number of pyridine rings is 2. The minimum absolute atomic E-state index is 0.340. The molecule has 5 heteroatoms. The molecule has 1 saturated heterocycles. The third-order valence-electron chi connectivity index (χ3n) is 4.10. The summed E-state index contributed by atoms with van der Waals surface area (Å²) in [7, 11) is -0.386. The van der Waals surface area contributed by atoms with Crippen molar-refractivity contribution in [1.29, 1.82) is 0 Å². The van der Waals surface area contributed by atoms with Gasteiger partial charge in [-0.15, -0.1) is 0 Å². The van der Waals surface area contributed by atoms with Crippen LogP contribution in [-0.4, -0.2) is 28.3 Å². The van der Waals surface area contributed by atoms with Gasteiger partial charge in [0.2, 0.25) is 0 Å². The molecule has 0 spiro atoms. The van der Waals surface area contributed by atoms with Crippen LogP contribution < -0.4 is 5.46 Å². The standard InChI is InChI=1S/C14H17BN2O2/c1-13(2)14(3,4)19-15(18-13)12-9-17-8-10-7-16-6-5-11(10)12/h5-9H,1-4H3. The van der Waals surface area contributed by atoms with Gasteiger partial charge >= 0.3 is 7.12 Å². The average molecular weight is 256 g/mol. The lowest BCUT2D eigenvalue weighted by molar-refractivity contribution is 0.00578. The smallest absolute Gasteiger partial charge is 0.399 e. The molecule has 0 N–H and O–H groups in total. The van der Waals surface area contributed by atoms with E-state index in [0.717, 1.165) is 16.2 Å². The molecule has 0 saturated carbocycles. The Kier molecular flexibility index (Phi) is 2.66. The van der Waals surface area contributed by atoms with Crippen LogP contribution in [0.15, 0.2) is 30.9 Å². The topological polar surface area (TPSA) is 44.2 Å². The zero-order valence-corrected chi connectivity index (χ0v) is 11.7. The van der Waals surface area contributed by atoms with E-state index in [1.807, 2.05) is 40.0 Å². The molecule has 1 aliphatic rings. The minimum atomic E-state index is -0.386. The highest BCUT2D eigenvalue weighted by Crippen LogP contribution is 2.36. The van der Waals surface area contributed by atoms with Crippen molar-refractivity contribution in [2.45, 2.75) is 38.9 Å². The number of fused-ring (bicyclic) bond motifs is 1. The Morgan fingerprint density at radius 3 is 2.26 bits per heavy atom. The van der Waals surface area contributed by atoms with Crippen molar-refractivity contribution in [2.75, 3.05) is 0 Å². The van der Waals surface area contributed by atoms with Crippen molar-refractivity contribution < 1.29 is 9.31 Å². The second-order valence-corrected chi connectivity index (χ2v) is 5.91. The Hall–Kier alpha value is -1.46. The first-order valence-corrected chi connectivity index (χ1v) is 6.44. The summed E-state index contributed by atoms with van der Waals surface area (Å²) in [6, 6.07) is 1.97. The van der Waals surface area contributed by atoms with Crippen LogP contribution in [-0.2, 0) is 9.31 Å². The summed E-state index contributed by atoms with van der Waals surface area (Å²) in [5.41, 5.74) is 0.276. The lowest BCUT2D eigenvalue weighted by Crippen LogP contribution is -2.41. The van der Waals surface area contributed by atoms with Gasteiger partial charge in [0.05, 0.1) is 11.2 Å². The van der Waals surface area contributed by atoms with Crippen molar-refractivity contribution in [3.8, 4) is 0 Å². The number of hydrogen-bond donors (Lipinski definition) is 0. The van der Waals surface area contributed by atoms with E-state index in [1.165, 1.54) is 0 Å². The van der Waals surface area contributed by atoms with Gasteiger partial charge < -0.3 is 9.31 Å². The molecule has 0 radical (unpaired) electrons. The monoisotopic (exact) mass is 256 g/mol. The molecule has 0 unspecified atom stereocenters. The Morgan fingerprint density at radius 2 is 1.58 bits per heavy atom. The molecular weight excluding hydrogens is 239 g/mol. The van der Waals surface area contributed by atoms with E-state index in [0.29, 0.717) is 0 Å². The summed E-state index contributed by atoms with van der Waals surface area (Å²) < 4.78 is 12.2. The maximum atomic E-state index is 6.08. The number of rotatable bonds is 1. The molecule has 1 fully saturated rings. The minimum Gasteiger partial charge on any atom is -0.399 e. The molecule has 3 rings (SSSR count). The van der Waals surface area contributed by atoms with Crippen LogP contribution in [0.4, 0.5) is 0 Å². The number of aromatic nitrogens is 2. The third kappa shape index (κ3) is 1.93. The van der Waals surface area contributed by atoms with Crippen LogP contribution in [0.25, 0.3) is 10.8 Å². The van der Waals surface area contributed by atoms with Crippen molar-refractivity contribution >= 4 is 23.4 Å². The van der Waals surface area contributed by atoms with Crippen LogP contribution in [0.3, 0.4) is 0 Å². The molecule has 0 atom stereocenters. The third-order valence-corrected chi connectivity index (χ3v) is 4.10. The summed E-state index contributed by atoms with van der Waals surface area (Å²) in [6.45, 7) is 8.19. The van der Waals surface area contributed by atoms with Crippen LogP contribution in [0.2, 0.25) is 0 Å². The number of hydrogen-bond acceptors (Lipinski definition) is 4. The van der Waals surface area contributed by atoms with Gasteiger partial charge in [-0.1, -0.05) is 0 Å². The van der Waals surface area contributed by atoms with E-state index < -0.39 is 0 Å². The van der Waals surface area contributed by atoms with E-state index in [1.54, 1.807) is 18.6 Å². The Bertz CT molecular complexity index is 606. The first kappa shape index (κ1) is 12.6. The van der Waals surface area contributed by atoms with Gasteiger partial charge in [-0.3, -0.25) is 9.97 Å². The summed E-state index contributed by atoms with van der Waals surface area (Å²) in [5.74, 6) is 0. The summed E-state index contributed by atoms with van der Waals surface area (Å²) in [6.07, 6.45) is 7.19. The van der Waals surface area contributed by atoms with E-state index in [2.05, 4.69) is 9.97 Å². The second-order valence-electron chi connectivity index (χ2n) is 5.91. The molecule has 0 aromatic carbocycles. The highest BCUT2D eigenvalue weighted by Gasteiger charge is 2.52. The molecule has 3 heterocycles. The molecule has 2 aromatic heterocycles. The van der Waals surface area contributed by atoms with E-state index in [9.17, 15) is 0 Å². The fraction of sp³-hybridized carbons (Fsp3) is 0.429. The van der Waals surface area contributed by atoms with Crippen molar-refractivity contribution in [3.05, 3.63) is 30.9 Å². The Labute approximate surface area is 113 Å². The van der Waals surface area contributed by atoms with Gasteiger partial charge in [0.25, 0.3) is 0 Å². The SMILES string of the molecule is CC1(C)OB(c2cncc3cnccc23)OC1(C)C. The van der Waals surface area contributed by atoms with Crippen molar-refractivity contribution in [2.24, 2.45) is 0 Å². The lowest BCUT2D eigenvalue weighted by atomic mass is 9.78. The summed E-state index contributed by atoms with van der Waals surface area (Å²) in [5, 5.41) is 2.07. The average Bonchev–Trinajstić information content (AvgIpc) is 2.58. The Morgan fingerprint density at radius 1 is 0.947 bits per heavy atom. The van der Waals surface area contributed by atoms with Gasteiger partial charge in [0.15, 0.2) is 0 Å². The van der Waals surface area contributed by atoms with Gasteiger partial charge in [0.1, 0.15) is 0 Å².